The van der Waals surface area contributed by atoms with Crippen LogP contribution in [0.5, 0.6) is 0 Å². The number of carbonyl (C=O) groups excluding carboxylic acids is 3. The molecule has 0 fully saturated rings. The lowest BCUT2D eigenvalue weighted by Gasteiger charge is -2.14. The second kappa shape index (κ2) is 9.70. The Morgan fingerprint density at radius 3 is 2.41 bits per heavy atom. The molecule has 9 heteroatoms. The van der Waals surface area contributed by atoms with Crippen molar-refractivity contribution in [3.05, 3.63) is 93.0 Å². The summed E-state index contributed by atoms with van der Waals surface area (Å²) in [5.74, 6) is -2.28. The van der Waals surface area contributed by atoms with Crippen LogP contribution in [0.4, 0.5) is 11.4 Å². The summed E-state index contributed by atoms with van der Waals surface area (Å²) in [5.41, 5.74) is 6.26. The van der Waals surface area contributed by atoms with Gasteiger partial charge in [0.2, 0.25) is 0 Å². The monoisotopic (exact) mass is 538 g/mol. The molecule has 0 radical (unpaired) electrons. The lowest BCUT2D eigenvalue weighted by atomic mass is 10.1. The van der Waals surface area contributed by atoms with Gasteiger partial charge in [-0.25, -0.2) is 4.68 Å². The van der Waals surface area contributed by atoms with Crippen molar-refractivity contribution in [1.29, 1.82) is 0 Å². The van der Waals surface area contributed by atoms with Gasteiger partial charge in [0.15, 0.2) is 0 Å². The van der Waals surface area contributed by atoms with Crippen LogP contribution in [0.15, 0.2) is 71.2 Å². The molecule has 34 heavy (non-hydrogen) atoms. The largest absolute Gasteiger partial charge is 0.328 e. The molecule has 1 heterocycles. The molecular weight excluding hydrogens is 520 g/mol. The minimum Gasteiger partial charge on any atom is -0.320 e. The number of rotatable bonds is 4. The average molecular weight is 540 g/mol. The van der Waals surface area contributed by atoms with E-state index in [1.807, 2.05) is 38.1 Å². The van der Waals surface area contributed by atoms with Gasteiger partial charge in [-0.1, -0.05) is 51.3 Å². The number of fused-ring (bicyclic) bond motifs is 1. The highest BCUT2D eigenvalue weighted by molar-refractivity contribution is 9.10. The van der Waals surface area contributed by atoms with Crippen molar-refractivity contribution in [2.75, 3.05) is 16.1 Å². The maximum atomic E-state index is 13.2. The normalized spacial score (nSPS) is 10.7. The first-order valence-corrected chi connectivity index (χ1v) is 11.5. The van der Waals surface area contributed by atoms with Gasteiger partial charge < -0.3 is 10.6 Å². The topological polar surface area (TPSA) is 92.2 Å². The van der Waals surface area contributed by atoms with Crippen LogP contribution in [0.25, 0.3) is 10.9 Å². The minimum absolute atomic E-state index is 0.164. The number of nitrogens with zero attached hydrogens (tertiary/aromatic N) is 1. The average Bonchev–Trinajstić information content (AvgIpc) is 3.13. The fourth-order valence-electron chi connectivity index (χ4n) is 3.52. The third kappa shape index (κ3) is 5.13. The van der Waals surface area contributed by atoms with E-state index in [0.717, 1.165) is 15.6 Å². The van der Waals surface area contributed by atoms with E-state index < -0.39 is 17.7 Å². The van der Waals surface area contributed by atoms with Gasteiger partial charge in [0, 0.05) is 26.3 Å². The molecule has 4 aromatic rings. The van der Waals surface area contributed by atoms with Crippen LogP contribution in [0, 0.1) is 13.8 Å². The second-order valence-electron chi connectivity index (χ2n) is 7.75. The predicted molar refractivity (Wildman–Crippen MR) is 138 cm³/mol. The number of hydrogen-bond acceptors (Lipinski definition) is 3. The van der Waals surface area contributed by atoms with Gasteiger partial charge in [0.25, 0.3) is 5.91 Å². The van der Waals surface area contributed by atoms with E-state index in [1.165, 1.54) is 10.7 Å². The number of aryl methyl sites for hydroxylation is 2. The van der Waals surface area contributed by atoms with Crippen LogP contribution in [-0.2, 0) is 9.59 Å². The number of halogens is 2. The standard InChI is InChI=1S/C25H20BrClN4O3/c1-14-6-8-20(15(2)10-14)29-23(32)22-12-16-11-17(26)7-9-21(16)31(22)30-25(34)24(33)28-19-5-3-4-18(27)13-19/h3-13H,1-2H3,(H,28,33)(H,29,32)(H,30,34). The van der Waals surface area contributed by atoms with Crippen molar-refractivity contribution >= 4 is 67.5 Å². The van der Waals surface area contributed by atoms with E-state index in [2.05, 4.69) is 32.0 Å². The second-order valence-corrected chi connectivity index (χ2v) is 9.10. The van der Waals surface area contributed by atoms with Crippen LogP contribution >= 0.6 is 27.5 Å². The summed E-state index contributed by atoms with van der Waals surface area (Å²) in [6, 6.07) is 19.1. The molecule has 0 aliphatic rings. The van der Waals surface area contributed by atoms with Crippen LogP contribution in [-0.4, -0.2) is 22.4 Å². The van der Waals surface area contributed by atoms with Crippen molar-refractivity contribution in [2.24, 2.45) is 0 Å². The molecule has 0 saturated carbocycles. The Hall–Kier alpha value is -3.62. The number of amides is 3. The van der Waals surface area contributed by atoms with Gasteiger partial charge in [-0.15, -0.1) is 0 Å². The van der Waals surface area contributed by atoms with E-state index in [9.17, 15) is 14.4 Å². The van der Waals surface area contributed by atoms with E-state index >= 15 is 0 Å². The molecule has 0 spiro atoms. The molecule has 3 aromatic carbocycles. The molecule has 3 amide bonds. The molecule has 0 bridgehead atoms. The summed E-state index contributed by atoms with van der Waals surface area (Å²) in [5, 5.41) is 6.50. The number of benzene rings is 3. The van der Waals surface area contributed by atoms with Crippen molar-refractivity contribution in [1.82, 2.24) is 4.68 Å². The van der Waals surface area contributed by atoms with Crippen molar-refractivity contribution in [3.8, 4) is 0 Å². The van der Waals surface area contributed by atoms with Gasteiger partial charge >= 0.3 is 11.8 Å². The van der Waals surface area contributed by atoms with Gasteiger partial charge in [-0.3, -0.25) is 19.8 Å². The van der Waals surface area contributed by atoms with Gasteiger partial charge in [-0.2, -0.15) is 0 Å². The summed E-state index contributed by atoms with van der Waals surface area (Å²) in [4.78, 5) is 38.4. The number of aromatic nitrogens is 1. The smallest absolute Gasteiger partial charge is 0.320 e. The highest BCUT2D eigenvalue weighted by atomic mass is 79.9. The Kier molecular flexibility index (Phi) is 6.72. The van der Waals surface area contributed by atoms with Crippen LogP contribution in [0.1, 0.15) is 21.6 Å². The molecule has 1 aromatic heterocycles. The Balaban J connectivity index is 1.64. The molecule has 0 aliphatic carbocycles. The van der Waals surface area contributed by atoms with Gasteiger partial charge in [-0.05, 0) is 67.9 Å². The zero-order valence-corrected chi connectivity index (χ0v) is 20.6. The molecule has 172 valence electrons. The highest BCUT2D eigenvalue weighted by Gasteiger charge is 2.21. The zero-order chi connectivity index (χ0) is 24.4. The first-order chi connectivity index (χ1) is 16.2. The Morgan fingerprint density at radius 2 is 1.68 bits per heavy atom. The number of nitrogens with one attached hydrogen (secondary N) is 3. The molecule has 0 atom stereocenters. The fourth-order valence-corrected chi connectivity index (χ4v) is 4.09. The van der Waals surface area contributed by atoms with E-state index in [4.69, 9.17) is 11.6 Å². The predicted octanol–water partition coefficient (Wildman–Crippen LogP) is 5.64. The Labute approximate surface area is 209 Å². The van der Waals surface area contributed by atoms with Crippen molar-refractivity contribution in [2.45, 2.75) is 13.8 Å². The van der Waals surface area contributed by atoms with Gasteiger partial charge in [0.1, 0.15) is 5.69 Å². The fraction of sp³-hybridized carbons (Fsp3) is 0.0800. The lowest BCUT2D eigenvalue weighted by Crippen LogP contribution is -2.36. The maximum absolute atomic E-state index is 13.2. The van der Waals surface area contributed by atoms with E-state index in [0.29, 0.717) is 27.3 Å². The van der Waals surface area contributed by atoms with Crippen molar-refractivity contribution in [3.63, 3.8) is 0 Å². The lowest BCUT2D eigenvalue weighted by molar-refractivity contribution is -0.133. The third-order valence-corrected chi connectivity index (χ3v) is 5.86. The first kappa shape index (κ1) is 23.5. The summed E-state index contributed by atoms with van der Waals surface area (Å²) in [6.45, 7) is 3.87. The zero-order valence-electron chi connectivity index (χ0n) is 18.3. The van der Waals surface area contributed by atoms with Crippen LogP contribution in [0.2, 0.25) is 5.02 Å². The summed E-state index contributed by atoms with van der Waals surface area (Å²) >= 11 is 9.36. The van der Waals surface area contributed by atoms with Gasteiger partial charge in [0.05, 0.1) is 5.52 Å². The Morgan fingerprint density at radius 1 is 0.882 bits per heavy atom. The molecule has 0 saturated heterocycles. The Bertz CT molecular complexity index is 1450. The first-order valence-electron chi connectivity index (χ1n) is 10.3. The maximum Gasteiger partial charge on any atom is 0.328 e. The molecule has 0 aliphatic heterocycles. The summed E-state index contributed by atoms with van der Waals surface area (Å²) < 4.78 is 2.11. The number of hydrogen-bond donors (Lipinski definition) is 3. The van der Waals surface area contributed by atoms with E-state index in [-0.39, 0.29) is 5.69 Å². The van der Waals surface area contributed by atoms with Crippen LogP contribution in [0.3, 0.4) is 0 Å². The minimum atomic E-state index is -0.944. The molecule has 0 unspecified atom stereocenters. The summed E-state index contributed by atoms with van der Waals surface area (Å²) in [7, 11) is 0. The quantitative estimate of drug-likeness (QED) is 0.293. The molecule has 4 rings (SSSR count). The SMILES string of the molecule is Cc1ccc(NC(=O)c2cc3cc(Br)ccc3n2NC(=O)C(=O)Nc2cccc(Cl)c2)c(C)c1. The van der Waals surface area contributed by atoms with Crippen LogP contribution < -0.4 is 16.1 Å². The van der Waals surface area contributed by atoms with E-state index in [1.54, 1.807) is 36.4 Å². The van der Waals surface area contributed by atoms with Crippen molar-refractivity contribution < 1.29 is 14.4 Å². The molecule has 7 nitrogen and oxygen atoms in total. The molecular formula is C25H20BrClN4O3. The number of anilines is 2. The molecule has 3 N–H and O–H groups in total. The highest BCUT2D eigenvalue weighted by Crippen LogP contribution is 2.25. The third-order valence-electron chi connectivity index (χ3n) is 5.13. The summed E-state index contributed by atoms with van der Waals surface area (Å²) in [6.07, 6.45) is 0. The number of carbonyl (C=O) groups is 3.